The van der Waals surface area contributed by atoms with Crippen molar-refractivity contribution >= 4 is 0 Å². The SMILES string of the molecule is c1ncn(Cc2nnc(C3CCN(Cc4cnc[nH]4)CC3)n2C2CC2)n1. The van der Waals surface area contributed by atoms with Gasteiger partial charge in [0.2, 0.25) is 0 Å². The lowest BCUT2D eigenvalue weighted by Gasteiger charge is -2.31. The number of nitrogens with zero attached hydrogens (tertiary/aromatic N) is 8. The first kappa shape index (κ1) is 15.7. The van der Waals surface area contributed by atoms with Crippen molar-refractivity contribution < 1.29 is 0 Å². The Labute approximate surface area is 151 Å². The Hall–Kier alpha value is -2.55. The van der Waals surface area contributed by atoms with E-state index in [1.165, 1.54) is 24.4 Å². The summed E-state index contributed by atoms with van der Waals surface area (Å²) < 4.78 is 4.20. The number of hydrogen-bond donors (Lipinski definition) is 1. The summed E-state index contributed by atoms with van der Waals surface area (Å²) in [5, 5.41) is 13.3. The molecule has 0 aromatic carbocycles. The fourth-order valence-corrected chi connectivity index (χ4v) is 3.87. The first-order valence-electron chi connectivity index (χ1n) is 9.32. The summed E-state index contributed by atoms with van der Waals surface area (Å²) in [6, 6.07) is 0.571. The molecule has 0 bridgehead atoms. The summed E-state index contributed by atoms with van der Waals surface area (Å²) in [4.78, 5) is 13.8. The highest BCUT2D eigenvalue weighted by molar-refractivity contribution is 5.09. The molecule has 4 heterocycles. The van der Waals surface area contributed by atoms with Gasteiger partial charge in [0.05, 0.1) is 6.33 Å². The van der Waals surface area contributed by atoms with E-state index in [1.54, 1.807) is 19.0 Å². The number of hydrogen-bond acceptors (Lipinski definition) is 6. The van der Waals surface area contributed by atoms with Gasteiger partial charge >= 0.3 is 0 Å². The van der Waals surface area contributed by atoms with Crippen molar-refractivity contribution in [2.75, 3.05) is 13.1 Å². The smallest absolute Gasteiger partial charge is 0.155 e. The Morgan fingerprint density at radius 2 is 1.92 bits per heavy atom. The zero-order chi connectivity index (χ0) is 17.3. The van der Waals surface area contributed by atoms with Crippen LogP contribution in [0.1, 0.15) is 55.0 Å². The highest BCUT2D eigenvalue weighted by atomic mass is 15.4. The molecule has 2 aliphatic rings. The zero-order valence-corrected chi connectivity index (χ0v) is 14.7. The van der Waals surface area contributed by atoms with E-state index in [9.17, 15) is 0 Å². The molecule has 0 atom stereocenters. The lowest BCUT2D eigenvalue weighted by Crippen LogP contribution is -2.33. The van der Waals surface area contributed by atoms with Crippen molar-refractivity contribution in [1.82, 2.24) is 44.4 Å². The van der Waals surface area contributed by atoms with E-state index >= 15 is 0 Å². The van der Waals surface area contributed by atoms with Gasteiger partial charge in [0, 0.05) is 30.4 Å². The molecule has 5 rings (SSSR count). The summed E-state index contributed by atoms with van der Waals surface area (Å²) in [5.74, 6) is 2.67. The average molecular weight is 353 g/mol. The van der Waals surface area contributed by atoms with Crippen LogP contribution in [0.25, 0.3) is 0 Å². The molecule has 2 fully saturated rings. The number of likely N-dealkylation sites (tertiary alicyclic amines) is 1. The van der Waals surface area contributed by atoms with Crippen molar-refractivity contribution in [3.63, 3.8) is 0 Å². The molecule has 1 aliphatic carbocycles. The summed E-state index contributed by atoms with van der Waals surface area (Å²) in [6.07, 6.45) is 11.7. The van der Waals surface area contributed by atoms with Crippen LogP contribution in [-0.2, 0) is 13.1 Å². The van der Waals surface area contributed by atoms with E-state index in [0.717, 1.165) is 38.3 Å². The number of aromatic nitrogens is 8. The van der Waals surface area contributed by atoms with Crippen molar-refractivity contribution in [2.24, 2.45) is 0 Å². The number of nitrogens with one attached hydrogen (secondary N) is 1. The second-order valence-corrected chi connectivity index (χ2v) is 7.30. The maximum Gasteiger partial charge on any atom is 0.155 e. The third-order valence-corrected chi connectivity index (χ3v) is 5.38. The van der Waals surface area contributed by atoms with Gasteiger partial charge in [-0.05, 0) is 38.8 Å². The lowest BCUT2D eigenvalue weighted by atomic mass is 9.95. The standard InChI is InChI=1S/C17H23N9/c1-2-15(1)26-16(9-25-12-19-11-21-25)22-23-17(26)13-3-5-24(6-4-13)8-14-7-18-10-20-14/h7,10-13,15H,1-6,8-9H2,(H,18,20). The van der Waals surface area contributed by atoms with Crippen LogP contribution < -0.4 is 0 Å². The molecule has 1 aliphatic heterocycles. The summed E-state index contributed by atoms with van der Waals surface area (Å²) in [6.45, 7) is 3.75. The number of H-pyrrole nitrogens is 1. The Balaban J connectivity index is 1.29. The van der Waals surface area contributed by atoms with Gasteiger partial charge in [0.15, 0.2) is 5.82 Å². The second-order valence-electron chi connectivity index (χ2n) is 7.30. The van der Waals surface area contributed by atoms with Gasteiger partial charge in [-0.25, -0.2) is 14.6 Å². The molecule has 26 heavy (non-hydrogen) atoms. The second kappa shape index (κ2) is 6.64. The van der Waals surface area contributed by atoms with Crippen LogP contribution in [0, 0.1) is 0 Å². The van der Waals surface area contributed by atoms with Crippen LogP contribution in [0.3, 0.4) is 0 Å². The number of rotatable bonds is 6. The van der Waals surface area contributed by atoms with Crippen LogP contribution in [0.4, 0.5) is 0 Å². The molecule has 0 radical (unpaired) electrons. The summed E-state index contributed by atoms with van der Waals surface area (Å²) >= 11 is 0. The minimum Gasteiger partial charge on any atom is -0.347 e. The molecule has 9 heteroatoms. The normalized spacial score (nSPS) is 19.2. The van der Waals surface area contributed by atoms with Crippen molar-refractivity contribution in [3.8, 4) is 0 Å². The van der Waals surface area contributed by atoms with Gasteiger partial charge < -0.3 is 9.55 Å². The van der Waals surface area contributed by atoms with Crippen LogP contribution in [0.5, 0.6) is 0 Å². The van der Waals surface area contributed by atoms with Crippen LogP contribution in [0.2, 0.25) is 0 Å². The predicted molar refractivity (Wildman–Crippen MR) is 93.3 cm³/mol. The Morgan fingerprint density at radius 1 is 1.04 bits per heavy atom. The minimum absolute atomic E-state index is 0.491. The maximum absolute atomic E-state index is 4.60. The van der Waals surface area contributed by atoms with E-state index in [4.69, 9.17) is 0 Å². The topological polar surface area (TPSA) is 93.3 Å². The molecule has 0 unspecified atom stereocenters. The third-order valence-electron chi connectivity index (χ3n) is 5.38. The molecule has 1 saturated carbocycles. The number of aromatic amines is 1. The third kappa shape index (κ3) is 3.14. The molecular formula is C17H23N9. The quantitative estimate of drug-likeness (QED) is 0.719. The monoisotopic (exact) mass is 353 g/mol. The van der Waals surface area contributed by atoms with E-state index < -0.39 is 0 Å². The molecule has 0 spiro atoms. The number of imidazole rings is 1. The molecule has 1 N–H and O–H groups in total. The first-order valence-corrected chi connectivity index (χ1v) is 9.32. The largest absolute Gasteiger partial charge is 0.347 e. The molecule has 136 valence electrons. The molecule has 3 aromatic rings. The average Bonchev–Trinajstić information content (AvgIpc) is 3.07. The van der Waals surface area contributed by atoms with Crippen molar-refractivity contribution in [2.45, 2.75) is 50.7 Å². The zero-order valence-electron chi connectivity index (χ0n) is 14.7. The van der Waals surface area contributed by atoms with Crippen LogP contribution in [0.15, 0.2) is 25.2 Å². The highest BCUT2D eigenvalue weighted by Gasteiger charge is 2.33. The van der Waals surface area contributed by atoms with Gasteiger partial charge in [0.25, 0.3) is 0 Å². The molecule has 9 nitrogen and oxygen atoms in total. The van der Waals surface area contributed by atoms with Crippen LogP contribution in [-0.4, -0.2) is 57.5 Å². The summed E-state index contributed by atoms with van der Waals surface area (Å²) in [5.41, 5.74) is 1.18. The number of piperidine rings is 1. The Morgan fingerprint density at radius 3 is 2.62 bits per heavy atom. The highest BCUT2D eigenvalue weighted by Crippen LogP contribution is 2.40. The molecular weight excluding hydrogens is 330 g/mol. The Kier molecular flexibility index (Phi) is 4.00. The van der Waals surface area contributed by atoms with E-state index in [0.29, 0.717) is 18.5 Å². The van der Waals surface area contributed by atoms with E-state index in [2.05, 4.69) is 39.7 Å². The van der Waals surface area contributed by atoms with Crippen molar-refractivity contribution in [3.05, 3.63) is 42.5 Å². The van der Waals surface area contributed by atoms with Gasteiger partial charge in [-0.1, -0.05) is 0 Å². The van der Waals surface area contributed by atoms with E-state index in [-0.39, 0.29) is 0 Å². The molecule has 1 saturated heterocycles. The fourth-order valence-electron chi connectivity index (χ4n) is 3.87. The van der Waals surface area contributed by atoms with Crippen LogP contribution >= 0.6 is 0 Å². The lowest BCUT2D eigenvalue weighted by molar-refractivity contribution is 0.198. The molecule has 3 aromatic heterocycles. The predicted octanol–water partition coefficient (Wildman–Crippen LogP) is 1.36. The minimum atomic E-state index is 0.491. The summed E-state index contributed by atoms with van der Waals surface area (Å²) in [7, 11) is 0. The fraction of sp³-hybridized carbons (Fsp3) is 0.588. The van der Waals surface area contributed by atoms with Gasteiger partial charge in [-0.3, -0.25) is 4.90 Å². The van der Waals surface area contributed by atoms with Gasteiger partial charge in [0.1, 0.15) is 25.0 Å². The van der Waals surface area contributed by atoms with E-state index in [1.807, 2.05) is 10.9 Å². The maximum atomic E-state index is 4.60. The Bertz CT molecular complexity index is 824. The van der Waals surface area contributed by atoms with Gasteiger partial charge in [-0.2, -0.15) is 5.10 Å². The molecule has 0 amide bonds. The first-order chi connectivity index (χ1) is 12.9. The van der Waals surface area contributed by atoms with Gasteiger partial charge in [-0.15, -0.1) is 10.2 Å². The van der Waals surface area contributed by atoms with Crippen molar-refractivity contribution in [1.29, 1.82) is 0 Å².